The number of hydrogen-bond acceptors (Lipinski definition) is 4. The van der Waals surface area contributed by atoms with Crippen LogP contribution in [0.15, 0.2) is 47.4 Å². The molecular weight excluding hydrogens is 399 g/mol. The van der Waals surface area contributed by atoms with Gasteiger partial charge in [0.2, 0.25) is 10.0 Å². The third-order valence-electron chi connectivity index (χ3n) is 3.53. The summed E-state index contributed by atoms with van der Waals surface area (Å²) in [4.78, 5) is 12.2. The number of nitrogens with one attached hydrogen (secondary N) is 1. The highest BCUT2D eigenvalue weighted by Gasteiger charge is 2.16. The first-order chi connectivity index (χ1) is 12.2. The van der Waals surface area contributed by atoms with Gasteiger partial charge >= 0.3 is 0 Å². The number of halogens is 2. The lowest BCUT2D eigenvalue weighted by Gasteiger charge is -2.16. The summed E-state index contributed by atoms with van der Waals surface area (Å²) in [5.74, 6) is 0.0302. The molecular formula is C17H18Cl2N2O4S. The largest absolute Gasteiger partial charge is 0.479 e. The highest BCUT2D eigenvalue weighted by molar-refractivity contribution is 7.89. The van der Waals surface area contributed by atoms with Crippen LogP contribution < -0.4 is 15.2 Å². The van der Waals surface area contributed by atoms with E-state index >= 15 is 0 Å². The number of carbonyl (C=O) groups is 1. The predicted molar refractivity (Wildman–Crippen MR) is 101 cm³/mol. The summed E-state index contributed by atoms with van der Waals surface area (Å²) >= 11 is 11.9. The molecule has 2 aromatic carbocycles. The molecule has 0 saturated heterocycles. The van der Waals surface area contributed by atoms with Crippen LogP contribution in [0.25, 0.3) is 0 Å². The van der Waals surface area contributed by atoms with Crippen LogP contribution in [0.4, 0.5) is 0 Å². The Hall–Kier alpha value is -1.80. The maximum absolute atomic E-state index is 12.1. The van der Waals surface area contributed by atoms with Gasteiger partial charge in [-0.05, 0) is 43.2 Å². The number of carbonyl (C=O) groups excluding carboxylic acids is 1. The van der Waals surface area contributed by atoms with Crippen molar-refractivity contribution in [3.05, 3.63) is 58.1 Å². The lowest BCUT2D eigenvalue weighted by Crippen LogP contribution is -2.37. The highest BCUT2D eigenvalue weighted by Crippen LogP contribution is 2.28. The summed E-state index contributed by atoms with van der Waals surface area (Å²) in [5.41, 5.74) is 0.865. The molecule has 0 spiro atoms. The molecule has 0 unspecified atom stereocenters. The summed E-state index contributed by atoms with van der Waals surface area (Å²) in [6.07, 6.45) is -0.225. The van der Waals surface area contributed by atoms with Gasteiger partial charge in [-0.3, -0.25) is 4.79 Å². The van der Waals surface area contributed by atoms with Crippen molar-refractivity contribution >= 4 is 39.1 Å². The van der Waals surface area contributed by atoms with Gasteiger partial charge in [0.15, 0.2) is 6.10 Å². The first-order valence-corrected chi connectivity index (χ1v) is 9.98. The number of primary sulfonamides is 1. The number of rotatable bonds is 7. The molecule has 0 bridgehead atoms. The number of hydrogen-bond donors (Lipinski definition) is 2. The average molecular weight is 417 g/mol. The molecule has 0 aliphatic carbocycles. The van der Waals surface area contributed by atoms with Crippen molar-refractivity contribution < 1.29 is 17.9 Å². The summed E-state index contributed by atoms with van der Waals surface area (Å²) < 4.78 is 27.9. The van der Waals surface area contributed by atoms with Gasteiger partial charge in [0.1, 0.15) is 5.75 Å². The zero-order chi connectivity index (χ0) is 19.3. The van der Waals surface area contributed by atoms with Gasteiger partial charge in [-0.2, -0.15) is 0 Å². The maximum Gasteiger partial charge on any atom is 0.260 e. The number of nitrogens with two attached hydrogens (primary N) is 1. The van der Waals surface area contributed by atoms with E-state index in [1.165, 1.54) is 12.1 Å². The van der Waals surface area contributed by atoms with Gasteiger partial charge in [0.05, 0.1) is 9.92 Å². The Bertz CT molecular complexity index is 886. The minimum absolute atomic E-state index is 0.0470. The Morgan fingerprint density at radius 3 is 2.46 bits per heavy atom. The molecule has 0 radical (unpaired) electrons. The van der Waals surface area contributed by atoms with Gasteiger partial charge in [0, 0.05) is 17.6 Å². The molecule has 0 aliphatic heterocycles. The molecule has 3 N–H and O–H groups in total. The van der Waals surface area contributed by atoms with Crippen molar-refractivity contribution in [2.45, 2.75) is 24.3 Å². The molecule has 0 aromatic heterocycles. The predicted octanol–water partition coefficient (Wildman–Crippen LogP) is 2.77. The minimum Gasteiger partial charge on any atom is -0.479 e. The summed E-state index contributed by atoms with van der Waals surface area (Å²) in [5, 5.41) is 8.62. The van der Waals surface area contributed by atoms with Crippen LogP contribution >= 0.6 is 23.2 Å². The fraction of sp³-hybridized carbons (Fsp3) is 0.235. The van der Waals surface area contributed by atoms with Crippen molar-refractivity contribution in [2.75, 3.05) is 6.54 Å². The first-order valence-electron chi connectivity index (χ1n) is 7.68. The normalized spacial score (nSPS) is 12.5. The van der Waals surface area contributed by atoms with Gasteiger partial charge < -0.3 is 10.1 Å². The Labute approximate surface area is 162 Å². The molecule has 0 saturated carbocycles. The highest BCUT2D eigenvalue weighted by atomic mass is 35.5. The zero-order valence-electron chi connectivity index (χ0n) is 13.9. The molecule has 1 atom stereocenters. The van der Waals surface area contributed by atoms with E-state index in [2.05, 4.69) is 5.32 Å². The second-order valence-corrected chi connectivity index (χ2v) is 7.97. The second-order valence-electron chi connectivity index (χ2n) is 5.56. The molecule has 6 nitrogen and oxygen atoms in total. The van der Waals surface area contributed by atoms with E-state index in [1.807, 2.05) is 0 Å². The van der Waals surface area contributed by atoms with E-state index in [0.29, 0.717) is 28.8 Å². The average Bonchev–Trinajstić information content (AvgIpc) is 2.57. The van der Waals surface area contributed by atoms with Gasteiger partial charge in [-0.25, -0.2) is 13.6 Å². The monoisotopic (exact) mass is 416 g/mol. The number of ether oxygens (including phenoxy) is 1. The first kappa shape index (κ1) is 20.5. The van der Waals surface area contributed by atoms with Crippen molar-refractivity contribution in [3.63, 3.8) is 0 Å². The number of amides is 1. The van der Waals surface area contributed by atoms with Crippen molar-refractivity contribution in [3.8, 4) is 5.75 Å². The van der Waals surface area contributed by atoms with Crippen LogP contribution in [0.2, 0.25) is 10.0 Å². The Morgan fingerprint density at radius 1 is 1.19 bits per heavy atom. The van der Waals surface area contributed by atoms with Crippen molar-refractivity contribution in [1.29, 1.82) is 0 Å². The minimum atomic E-state index is -3.71. The fourth-order valence-electron chi connectivity index (χ4n) is 2.13. The zero-order valence-corrected chi connectivity index (χ0v) is 16.2. The number of benzene rings is 2. The van der Waals surface area contributed by atoms with Crippen LogP contribution in [0.3, 0.4) is 0 Å². The molecule has 9 heteroatoms. The van der Waals surface area contributed by atoms with Gasteiger partial charge in [0.25, 0.3) is 5.91 Å². The van der Waals surface area contributed by atoms with Gasteiger partial charge in [-0.1, -0.05) is 35.3 Å². The maximum atomic E-state index is 12.1. The van der Waals surface area contributed by atoms with Crippen LogP contribution in [0, 0.1) is 0 Å². The van der Waals surface area contributed by atoms with E-state index in [4.69, 9.17) is 33.1 Å². The second kappa shape index (κ2) is 8.73. The van der Waals surface area contributed by atoms with E-state index in [1.54, 1.807) is 37.3 Å². The standard InChI is InChI=1S/C17H18Cl2N2O4S/c1-11(25-16-10-13(18)4-7-15(16)19)17(22)21-9-8-12-2-5-14(6-3-12)26(20,23)24/h2-7,10-11H,8-9H2,1H3,(H,21,22)(H2,20,23,24)/t11-/m1/s1. The van der Waals surface area contributed by atoms with E-state index < -0.39 is 16.1 Å². The van der Waals surface area contributed by atoms with Crippen LogP contribution in [-0.4, -0.2) is 27.0 Å². The molecule has 1 amide bonds. The van der Waals surface area contributed by atoms with Gasteiger partial charge in [-0.15, -0.1) is 0 Å². The topological polar surface area (TPSA) is 98.5 Å². The smallest absolute Gasteiger partial charge is 0.260 e. The lowest BCUT2D eigenvalue weighted by molar-refractivity contribution is -0.127. The molecule has 2 aromatic rings. The van der Waals surface area contributed by atoms with Crippen LogP contribution in [-0.2, 0) is 21.2 Å². The molecule has 0 aliphatic rings. The molecule has 26 heavy (non-hydrogen) atoms. The fourth-order valence-corrected chi connectivity index (χ4v) is 2.97. The summed E-state index contributed by atoms with van der Waals surface area (Å²) in [6, 6.07) is 10.9. The molecule has 2 rings (SSSR count). The Kier molecular flexibility index (Phi) is 6.88. The number of sulfonamides is 1. The van der Waals surface area contributed by atoms with E-state index in [9.17, 15) is 13.2 Å². The summed E-state index contributed by atoms with van der Waals surface area (Å²) in [6.45, 7) is 1.97. The van der Waals surface area contributed by atoms with Crippen LogP contribution in [0.1, 0.15) is 12.5 Å². The van der Waals surface area contributed by atoms with E-state index in [-0.39, 0.29) is 10.8 Å². The third kappa shape index (κ3) is 5.88. The van der Waals surface area contributed by atoms with Crippen molar-refractivity contribution in [2.24, 2.45) is 5.14 Å². The Balaban J connectivity index is 1.85. The molecule has 0 heterocycles. The van der Waals surface area contributed by atoms with Crippen molar-refractivity contribution in [1.82, 2.24) is 5.32 Å². The SMILES string of the molecule is C[C@@H](Oc1cc(Cl)ccc1Cl)C(=O)NCCc1ccc(S(N)(=O)=O)cc1. The van der Waals surface area contributed by atoms with E-state index in [0.717, 1.165) is 5.56 Å². The lowest BCUT2D eigenvalue weighted by atomic mass is 10.1. The summed E-state index contributed by atoms with van der Waals surface area (Å²) in [7, 11) is -3.71. The third-order valence-corrected chi connectivity index (χ3v) is 5.01. The molecule has 140 valence electrons. The quantitative estimate of drug-likeness (QED) is 0.724. The Morgan fingerprint density at radius 2 is 1.85 bits per heavy atom. The van der Waals surface area contributed by atoms with Crippen LogP contribution in [0.5, 0.6) is 5.75 Å². The molecule has 0 fully saturated rings.